The summed E-state index contributed by atoms with van der Waals surface area (Å²) in [5.74, 6) is 0.480. The zero-order valence-electron chi connectivity index (χ0n) is 13.0. The first-order valence-corrected chi connectivity index (χ1v) is 7.15. The van der Waals surface area contributed by atoms with Crippen LogP contribution in [0.25, 0.3) is 0 Å². The Morgan fingerprint density at radius 2 is 2.09 bits per heavy atom. The van der Waals surface area contributed by atoms with E-state index in [0.717, 1.165) is 5.75 Å². The minimum atomic E-state index is -1.17. The SMILES string of the molecule is CCOc1ccc(C(=O)NCC(C)(O)c2cnn(C)c2)cc1. The van der Waals surface area contributed by atoms with Gasteiger partial charge in [0, 0.05) is 24.4 Å². The van der Waals surface area contributed by atoms with Gasteiger partial charge in [-0.3, -0.25) is 9.48 Å². The molecule has 2 N–H and O–H groups in total. The van der Waals surface area contributed by atoms with Gasteiger partial charge in [-0.15, -0.1) is 0 Å². The lowest BCUT2D eigenvalue weighted by Gasteiger charge is -2.22. The smallest absolute Gasteiger partial charge is 0.251 e. The maximum absolute atomic E-state index is 12.1. The lowest BCUT2D eigenvalue weighted by Crippen LogP contribution is -2.38. The fraction of sp³-hybridized carbons (Fsp3) is 0.375. The van der Waals surface area contributed by atoms with E-state index in [9.17, 15) is 9.90 Å². The monoisotopic (exact) mass is 303 g/mol. The Balaban J connectivity index is 1.97. The lowest BCUT2D eigenvalue weighted by molar-refractivity contribution is 0.0526. The Morgan fingerprint density at radius 1 is 1.41 bits per heavy atom. The van der Waals surface area contributed by atoms with Crippen LogP contribution in [0.1, 0.15) is 29.8 Å². The van der Waals surface area contributed by atoms with Crippen molar-refractivity contribution in [1.82, 2.24) is 15.1 Å². The number of aryl methyl sites for hydroxylation is 1. The van der Waals surface area contributed by atoms with Crippen LogP contribution in [0, 0.1) is 0 Å². The molecule has 2 rings (SSSR count). The van der Waals surface area contributed by atoms with Crippen LogP contribution in [-0.2, 0) is 12.6 Å². The molecule has 1 unspecified atom stereocenters. The Bertz CT molecular complexity index is 632. The molecule has 0 saturated heterocycles. The zero-order chi connectivity index (χ0) is 16.2. The molecule has 1 heterocycles. The Hall–Kier alpha value is -2.34. The number of aliphatic hydroxyl groups is 1. The van der Waals surface area contributed by atoms with Crippen molar-refractivity contribution in [3.8, 4) is 5.75 Å². The normalized spacial score (nSPS) is 13.5. The van der Waals surface area contributed by atoms with Crippen molar-refractivity contribution in [2.45, 2.75) is 19.4 Å². The van der Waals surface area contributed by atoms with Gasteiger partial charge in [-0.05, 0) is 38.1 Å². The molecule has 0 bridgehead atoms. The molecule has 6 nitrogen and oxygen atoms in total. The average molecular weight is 303 g/mol. The van der Waals surface area contributed by atoms with E-state index < -0.39 is 5.60 Å². The number of carbonyl (C=O) groups excluding carboxylic acids is 1. The fourth-order valence-electron chi connectivity index (χ4n) is 2.03. The van der Waals surface area contributed by atoms with Gasteiger partial charge in [-0.1, -0.05) is 0 Å². The van der Waals surface area contributed by atoms with Crippen LogP contribution in [0.2, 0.25) is 0 Å². The summed E-state index contributed by atoms with van der Waals surface area (Å²) < 4.78 is 6.94. The van der Waals surface area contributed by atoms with Crippen LogP contribution < -0.4 is 10.1 Å². The molecule has 1 aromatic carbocycles. The molecule has 118 valence electrons. The van der Waals surface area contributed by atoms with Gasteiger partial charge in [-0.25, -0.2) is 0 Å². The summed E-state index contributed by atoms with van der Waals surface area (Å²) in [5.41, 5.74) is 0.00210. The first kappa shape index (κ1) is 16.0. The van der Waals surface area contributed by atoms with Crippen molar-refractivity contribution >= 4 is 5.91 Å². The maximum atomic E-state index is 12.1. The highest BCUT2D eigenvalue weighted by molar-refractivity contribution is 5.94. The average Bonchev–Trinajstić information content (AvgIpc) is 2.93. The number of benzene rings is 1. The lowest BCUT2D eigenvalue weighted by atomic mass is 9.99. The number of hydrogen-bond acceptors (Lipinski definition) is 4. The number of ether oxygens (including phenoxy) is 1. The second kappa shape index (κ2) is 6.62. The van der Waals surface area contributed by atoms with Gasteiger partial charge in [0.1, 0.15) is 11.4 Å². The maximum Gasteiger partial charge on any atom is 0.251 e. The number of nitrogens with one attached hydrogen (secondary N) is 1. The van der Waals surface area contributed by atoms with Gasteiger partial charge in [0.15, 0.2) is 0 Å². The van der Waals surface area contributed by atoms with Crippen LogP contribution in [0.15, 0.2) is 36.7 Å². The first-order chi connectivity index (χ1) is 10.4. The highest BCUT2D eigenvalue weighted by Crippen LogP contribution is 2.19. The summed E-state index contributed by atoms with van der Waals surface area (Å²) in [5, 5.41) is 17.2. The van der Waals surface area contributed by atoms with Crippen molar-refractivity contribution in [2.75, 3.05) is 13.2 Å². The van der Waals surface area contributed by atoms with Crippen LogP contribution in [0.4, 0.5) is 0 Å². The molecule has 1 amide bonds. The number of hydrogen-bond donors (Lipinski definition) is 2. The molecule has 0 aliphatic rings. The van der Waals surface area contributed by atoms with Crippen molar-refractivity contribution in [3.05, 3.63) is 47.8 Å². The Morgan fingerprint density at radius 3 is 2.64 bits per heavy atom. The number of amides is 1. The second-order valence-corrected chi connectivity index (χ2v) is 5.32. The molecule has 1 aromatic heterocycles. The largest absolute Gasteiger partial charge is 0.494 e. The van der Waals surface area contributed by atoms with Crippen LogP contribution in [0.3, 0.4) is 0 Å². The molecule has 0 aliphatic carbocycles. The quantitative estimate of drug-likeness (QED) is 0.847. The van der Waals surface area contributed by atoms with Crippen LogP contribution in [-0.4, -0.2) is 33.9 Å². The highest BCUT2D eigenvalue weighted by atomic mass is 16.5. The van der Waals surface area contributed by atoms with E-state index in [1.165, 1.54) is 0 Å². The molecule has 6 heteroatoms. The van der Waals surface area contributed by atoms with E-state index >= 15 is 0 Å². The molecule has 0 saturated carbocycles. The molecule has 1 atom stereocenters. The van der Waals surface area contributed by atoms with Gasteiger partial charge in [0.2, 0.25) is 0 Å². The van der Waals surface area contributed by atoms with E-state index in [-0.39, 0.29) is 12.5 Å². The van der Waals surface area contributed by atoms with E-state index in [4.69, 9.17) is 4.74 Å². The van der Waals surface area contributed by atoms with Gasteiger partial charge in [0.05, 0.1) is 19.3 Å². The van der Waals surface area contributed by atoms with Crippen LogP contribution >= 0.6 is 0 Å². The molecular formula is C16H21N3O3. The summed E-state index contributed by atoms with van der Waals surface area (Å²) in [6.45, 7) is 4.23. The topological polar surface area (TPSA) is 76.4 Å². The molecule has 2 aromatic rings. The number of carbonyl (C=O) groups is 1. The van der Waals surface area contributed by atoms with Gasteiger partial charge in [0.25, 0.3) is 5.91 Å². The third kappa shape index (κ3) is 3.85. The number of rotatable bonds is 6. The second-order valence-electron chi connectivity index (χ2n) is 5.32. The minimum Gasteiger partial charge on any atom is -0.494 e. The van der Waals surface area contributed by atoms with E-state index in [0.29, 0.717) is 17.7 Å². The van der Waals surface area contributed by atoms with Crippen molar-refractivity contribution in [3.63, 3.8) is 0 Å². The standard InChI is InChI=1S/C16H21N3O3/c1-4-22-14-7-5-12(6-8-14)15(20)17-11-16(2,21)13-9-18-19(3)10-13/h5-10,21H,4,11H2,1-3H3,(H,17,20). The number of nitrogens with zero attached hydrogens (tertiary/aromatic N) is 2. The van der Waals surface area contributed by atoms with E-state index in [1.54, 1.807) is 55.3 Å². The van der Waals surface area contributed by atoms with Gasteiger partial charge < -0.3 is 15.2 Å². The molecule has 22 heavy (non-hydrogen) atoms. The van der Waals surface area contributed by atoms with Crippen molar-refractivity contribution < 1.29 is 14.6 Å². The predicted octanol–water partition coefficient (Wildman–Crippen LogP) is 1.46. The third-order valence-electron chi connectivity index (χ3n) is 3.35. The van der Waals surface area contributed by atoms with E-state index in [2.05, 4.69) is 10.4 Å². The molecular weight excluding hydrogens is 282 g/mol. The zero-order valence-corrected chi connectivity index (χ0v) is 13.0. The van der Waals surface area contributed by atoms with Gasteiger partial charge in [-0.2, -0.15) is 5.10 Å². The first-order valence-electron chi connectivity index (χ1n) is 7.15. The molecule has 0 radical (unpaired) electrons. The minimum absolute atomic E-state index is 0.102. The van der Waals surface area contributed by atoms with Crippen LogP contribution in [0.5, 0.6) is 5.75 Å². The van der Waals surface area contributed by atoms with E-state index in [1.807, 2.05) is 6.92 Å². The molecule has 0 spiro atoms. The molecule has 0 fully saturated rings. The highest BCUT2D eigenvalue weighted by Gasteiger charge is 2.25. The summed E-state index contributed by atoms with van der Waals surface area (Å²) in [4.78, 5) is 12.1. The summed E-state index contributed by atoms with van der Waals surface area (Å²) in [7, 11) is 1.78. The fourth-order valence-corrected chi connectivity index (χ4v) is 2.03. The number of aromatic nitrogens is 2. The van der Waals surface area contributed by atoms with Crippen molar-refractivity contribution in [2.24, 2.45) is 7.05 Å². The summed E-state index contributed by atoms with van der Waals surface area (Å²) >= 11 is 0. The Kier molecular flexibility index (Phi) is 4.82. The Labute approximate surface area is 129 Å². The summed E-state index contributed by atoms with van der Waals surface area (Å²) in [6.07, 6.45) is 3.31. The predicted molar refractivity (Wildman–Crippen MR) is 82.7 cm³/mol. The third-order valence-corrected chi connectivity index (χ3v) is 3.35. The van der Waals surface area contributed by atoms with Crippen molar-refractivity contribution in [1.29, 1.82) is 0 Å². The van der Waals surface area contributed by atoms with Gasteiger partial charge >= 0.3 is 0 Å². The summed E-state index contributed by atoms with van der Waals surface area (Å²) in [6, 6.07) is 6.88. The molecule has 0 aliphatic heterocycles.